The molecule has 0 spiro atoms. The average Bonchev–Trinajstić information content (AvgIpc) is 2.07. The third-order valence-electron chi connectivity index (χ3n) is 1.64. The van der Waals surface area contributed by atoms with E-state index < -0.39 is 0 Å². The van der Waals surface area contributed by atoms with Crippen LogP contribution in [-0.2, 0) is 13.5 Å². The quantitative estimate of drug-likeness (QED) is 0.500. The van der Waals surface area contributed by atoms with Gasteiger partial charge in [-0.1, -0.05) is 5.21 Å². The van der Waals surface area contributed by atoms with Crippen molar-refractivity contribution in [2.24, 2.45) is 7.05 Å². The number of halogens is 1. The minimum atomic E-state index is 0.119. The van der Waals surface area contributed by atoms with Gasteiger partial charge in [-0.3, -0.25) is 4.68 Å². The van der Waals surface area contributed by atoms with Gasteiger partial charge in [0.25, 0.3) is 0 Å². The van der Waals surface area contributed by atoms with E-state index >= 15 is 0 Å². The molecule has 0 N–H and O–H groups in total. The van der Waals surface area contributed by atoms with Crippen molar-refractivity contribution in [1.29, 1.82) is 0 Å². The molecule has 3 nitrogen and oxygen atoms in total. The minimum Gasteiger partial charge on any atom is -0.252 e. The normalized spacial score (nSPS) is 23.1. The Balaban J connectivity index is 2.54. The Hall–Kier alpha value is -0.570. The molecule has 1 heterocycles. The molecule has 1 aliphatic rings. The van der Waals surface area contributed by atoms with E-state index in [1.165, 1.54) is 5.69 Å². The van der Waals surface area contributed by atoms with Crippen LogP contribution in [0.4, 0.5) is 0 Å². The van der Waals surface area contributed by atoms with Crippen LogP contribution in [0.5, 0.6) is 0 Å². The summed E-state index contributed by atoms with van der Waals surface area (Å²) in [6.07, 6.45) is 0.917. The second kappa shape index (κ2) is 1.48. The second-order valence-corrected chi connectivity index (χ2v) is 2.74. The van der Waals surface area contributed by atoms with Gasteiger partial charge in [0.15, 0.2) is 0 Å². The van der Waals surface area contributed by atoms with Crippen LogP contribution in [0.25, 0.3) is 0 Å². The van der Waals surface area contributed by atoms with Crippen LogP contribution in [0.2, 0.25) is 0 Å². The zero-order valence-electron chi connectivity index (χ0n) is 5.00. The number of rotatable bonds is 0. The van der Waals surface area contributed by atoms with Gasteiger partial charge >= 0.3 is 0 Å². The van der Waals surface area contributed by atoms with Crippen molar-refractivity contribution in [2.75, 3.05) is 0 Å². The summed E-state index contributed by atoms with van der Waals surface area (Å²) in [4.78, 5) is 0. The van der Waals surface area contributed by atoms with Crippen molar-refractivity contribution in [2.45, 2.75) is 11.8 Å². The lowest BCUT2D eigenvalue weighted by molar-refractivity contribution is 0.656. The maximum atomic E-state index is 5.78. The second-order valence-electron chi connectivity index (χ2n) is 2.22. The van der Waals surface area contributed by atoms with E-state index in [1.807, 2.05) is 7.05 Å². The fourth-order valence-corrected chi connectivity index (χ4v) is 1.32. The summed E-state index contributed by atoms with van der Waals surface area (Å²) in [6.45, 7) is 0. The lowest BCUT2D eigenvalue weighted by Crippen LogP contribution is -2.14. The van der Waals surface area contributed by atoms with Gasteiger partial charge in [-0.15, -0.1) is 16.7 Å². The Morgan fingerprint density at radius 1 is 1.78 bits per heavy atom. The standard InChI is InChI=1S/C5H6ClN3/c1-9-4-2-3(6)5(4)7-8-9/h3H,2H2,1H3. The van der Waals surface area contributed by atoms with Crippen molar-refractivity contribution in [1.82, 2.24) is 15.0 Å². The first-order chi connectivity index (χ1) is 4.29. The maximum absolute atomic E-state index is 5.78. The third-order valence-corrected chi connectivity index (χ3v) is 2.00. The molecule has 1 atom stereocenters. The highest BCUT2D eigenvalue weighted by Gasteiger charge is 2.29. The van der Waals surface area contributed by atoms with Gasteiger partial charge < -0.3 is 0 Å². The largest absolute Gasteiger partial charge is 0.252 e. The molecule has 48 valence electrons. The summed E-state index contributed by atoms with van der Waals surface area (Å²) in [5, 5.41) is 7.79. The molecule has 0 saturated heterocycles. The van der Waals surface area contributed by atoms with Gasteiger partial charge in [0.1, 0.15) is 5.69 Å². The smallest absolute Gasteiger partial charge is 0.104 e. The van der Waals surface area contributed by atoms with Gasteiger partial charge in [0.2, 0.25) is 0 Å². The topological polar surface area (TPSA) is 30.7 Å². The third kappa shape index (κ3) is 0.525. The predicted octanol–water partition coefficient (Wildman–Crippen LogP) is 0.651. The molecule has 0 radical (unpaired) electrons. The average molecular weight is 144 g/mol. The molecule has 0 amide bonds. The Morgan fingerprint density at radius 3 is 3.00 bits per heavy atom. The highest BCUT2D eigenvalue weighted by atomic mass is 35.5. The Bertz CT molecular complexity index is 242. The Kier molecular flexibility index (Phi) is 0.858. The molecular formula is C5H6ClN3. The zero-order valence-corrected chi connectivity index (χ0v) is 5.76. The number of nitrogens with zero attached hydrogens (tertiary/aromatic N) is 3. The van der Waals surface area contributed by atoms with E-state index in [2.05, 4.69) is 10.3 Å². The van der Waals surface area contributed by atoms with Crippen LogP contribution >= 0.6 is 11.6 Å². The number of aryl methyl sites for hydroxylation is 1. The molecule has 1 aromatic heterocycles. The summed E-state index contributed by atoms with van der Waals surface area (Å²) in [5.41, 5.74) is 2.13. The number of hydrogen-bond donors (Lipinski definition) is 0. The molecule has 0 fully saturated rings. The molecule has 1 aliphatic carbocycles. The maximum Gasteiger partial charge on any atom is 0.104 e. The van der Waals surface area contributed by atoms with Crippen LogP contribution in [0, 0.1) is 0 Å². The summed E-state index contributed by atoms with van der Waals surface area (Å²) in [5.74, 6) is 0. The molecule has 1 aromatic rings. The molecular weight excluding hydrogens is 138 g/mol. The lowest BCUT2D eigenvalue weighted by Gasteiger charge is -2.17. The van der Waals surface area contributed by atoms with E-state index in [0.29, 0.717) is 0 Å². The summed E-state index contributed by atoms with van der Waals surface area (Å²) < 4.78 is 1.77. The van der Waals surface area contributed by atoms with Crippen molar-refractivity contribution in [3.8, 4) is 0 Å². The molecule has 2 rings (SSSR count). The molecule has 4 heteroatoms. The van der Waals surface area contributed by atoms with Crippen LogP contribution in [0.1, 0.15) is 16.8 Å². The van der Waals surface area contributed by atoms with E-state index in [9.17, 15) is 0 Å². The molecule has 0 bridgehead atoms. The highest BCUT2D eigenvalue weighted by molar-refractivity contribution is 6.21. The first-order valence-electron chi connectivity index (χ1n) is 2.81. The van der Waals surface area contributed by atoms with Gasteiger partial charge in [0.05, 0.1) is 11.1 Å². The van der Waals surface area contributed by atoms with Gasteiger partial charge in [0, 0.05) is 13.5 Å². The van der Waals surface area contributed by atoms with E-state index in [4.69, 9.17) is 11.6 Å². The van der Waals surface area contributed by atoms with Gasteiger partial charge in [-0.05, 0) is 0 Å². The van der Waals surface area contributed by atoms with Crippen molar-refractivity contribution < 1.29 is 0 Å². The fourth-order valence-electron chi connectivity index (χ4n) is 1.01. The first-order valence-corrected chi connectivity index (χ1v) is 3.25. The van der Waals surface area contributed by atoms with E-state index in [-0.39, 0.29) is 5.38 Å². The first kappa shape index (κ1) is 5.23. The van der Waals surface area contributed by atoms with Crippen molar-refractivity contribution >= 4 is 11.6 Å². The summed E-state index contributed by atoms with van der Waals surface area (Å²) >= 11 is 5.78. The van der Waals surface area contributed by atoms with Crippen LogP contribution in [0.3, 0.4) is 0 Å². The molecule has 0 saturated carbocycles. The SMILES string of the molecule is Cn1nnc2c1CC2Cl. The lowest BCUT2D eigenvalue weighted by atomic mass is 10.0. The van der Waals surface area contributed by atoms with Gasteiger partial charge in [-0.25, -0.2) is 0 Å². The van der Waals surface area contributed by atoms with E-state index in [0.717, 1.165) is 12.1 Å². The van der Waals surface area contributed by atoms with Crippen LogP contribution in [-0.4, -0.2) is 15.0 Å². The van der Waals surface area contributed by atoms with E-state index in [1.54, 1.807) is 4.68 Å². The van der Waals surface area contributed by atoms with Crippen LogP contribution < -0.4 is 0 Å². The summed E-state index contributed by atoms with van der Waals surface area (Å²) in [6, 6.07) is 0. The Labute approximate surface area is 57.6 Å². The van der Waals surface area contributed by atoms with Crippen LogP contribution in [0.15, 0.2) is 0 Å². The number of fused-ring (bicyclic) bond motifs is 1. The monoisotopic (exact) mass is 143 g/mol. The number of alkyl halides is 1. The predicted molar refractivity (Wildman–Crippen MR) is 33.3 cm³/mol. The molecule has 9 heavy (non-hydrogen) atoms. The summed E-state index contributed by atoms with van der Waals surface area (Å²) in [7, 11) is 1.88. The fraction of sp³-hybridized carbons (Fsp3) is 0.600. The number of aromatic nitrogens is 3. The minimum absolute atomic E-state index is 0.119. The highest BCUT2D eigenvalue weighted by Crippen LogP contribution is 2.35. The zero-order chi connectivity index (χ0) is 6.43. The molecule has 0 aromatic carbocycles. The van der Waals surface area contributed by atoms with Gasteiger partial charge in [-0.2, -0.15) is 0 Å². The number of hydrogen-bond acceptors (Lipinski definition) is 2. The van der Waals surface area contributed by atoms with Crippen molar-refractivity contribution in [3.63, 3.8) is 0 Å². The molecule has 1 unspecified atom stereocenters. The molecule has 0 aliphatic heterocycles. The van der Waals surface area contributed by atoms with Crippen molar-refractivity contribution in [3.05, 3.63) is 11.4 Å². The Morgan fingerprint density at radius 2 is 2.56 bits per heavy atom.